The van der Waals surface area contributed by atoms with E-state index in [0.29, 0.717) is 17.2 Å². The highest BCUT2D eigenvalue weighted by Crippen LogP contribution is 2.24. The molecule has 1 amide bonds. The number of hydrogen-bond donors (Lipinski definition) is 2. The van der Waals surface area contributed by atoms with Gasteiger partial charge in [-0.1, -0.05) is 41.9 Å². The third kappa shape index (κ3) is 4.19. The molecule has 8 nitrogen and oxygen atoms in total. The van der Waals surface area contributed by atoms with Crippen LogP contribution in [0.1, 0.15) is 42.5 Å². The van der Waals surface area contributed by atoms with Crippen LogP contribution in [0.4, 0.5) is 0 Å². The third-order valence-electron chi connectivity index (χ3n) is 4.55. The number of carbonyl (C=O) groups excluding carboxylic acids is 1. The van der Waals surface area contributed by atoms with Gasteiger partial charge in [0.25, 0.3) is 5.91 Å². The molecule has 2 N–H and O–H groups in total. The molecule has 0 bridgehead atoms. The van der Waals surface area contributed by atoms with Crippen molar-refractivity contribution >= 4 is 32.9 Å². The van der Waals surface area contributed by atoms with Gasteiger partial charge >= 0.3 is 0 Å². The molecule has 0 aliphatic rings. The Bertz CT molecular complexity index is 1100. The Hall–Kier alpha value is -3.07. The molecule has 0 spiro atoms. The van der Waals surface area contributed by atoms with Crippen molar-refractivity contribution in [2.45, 2.75) is 26.3 Å². The number of tetrazole rings is 1. The summed E-state index contributed by atoms with van der Waals surface area (Å²) in [6, 6.07) is 13.0. The van der Waals surface area contributed by atoms with Crippen LogP contribution in [0.5, 0.6) is 0 Å². The minimum Gasteiger partial charge on any atom is -0.342 e. The van der Waals surface area contributed by atoms with E-state index in [1.165, 1.54) is 11.0 Å². The van der Waals surface area contributed by atoms with Crippen LogP contribution in [0.15, 0.2) is 53.3 Å². The third-order valence-corrected chi connectivity index (χ3v) is 5.04. The quantitative estimate of drug-likeness (QED) is 0.461. The maximum absolute atomic E-state index is 13.2. The van der Waals surface area contributed by atoms with E-state index >= 15 is 0 Å². The lowest BCUT2D eigenvalue weighted by atomic mass is 10.0. The van der Waals surface area contributed by atoms with E-state index < -0.39 is 0 Å². The molecule has 0 saturated heterocycles. The van der Waals surface area contributed by atoms with Gasteiger partial charge in [0.2, 0.25) is 0 Å². The van der Waals surface area contributed by atoms with Crippen LogP contribution in [-0.4, -0.2) is 36.1 Å². The summed E-state index contributed by atoms with van der Waals surface area (Å²) in [7, 11) is 0. The maximum Gasteiger partial charge on any atom is 0.254 e. The molecular weight excluding hydrogens is 434 g/mol. The smallest absolute Gasteiger partial charge is 0.254 e. The molecule has 4 rings (SSSR count). The molecule has 148 valence electrons. The summed E-state index contributed by atoms with van der Waals surface area (Å²) >= 11 is 3.44. The van der Waals surface area contributed by atoms with Crippen molar-refractivity contribution in [3.05, 3.63) is 64.7 Å². The van der Waals surface area contributed by atoms with Gasteiger partial charge in [0, 0.05) is 4.47 Å². The number of nitrogens with one attached hydrogen (secondary N) is 2. The molecule has 29 heavy (non-hydrogen) atoms. The number of amides is 1. The van der Waals surface area contributed by atoms with E-state index in [1.54, 1.807) is 12.1 Å². The van der Waals surface area contributed by atoms with Gasteiger partial charge in [0.1, 0.15) is 12.2 Å². The van der Waals surface area contributed by atoms with Gasteiger partial charge in [-0.25, -0.2) is 4.98 Å². The zero-order chi connectivity index (χ0) is 20.4. The van der Waals surface area contributed by atoms with Crippen molar-refractivity contribution in [2.24, 2.45) is 5.92 Å². The Balaban J connectivity index is 1.68. The number of H-pyrrole nitrogens is 1. The molecule has 2 heterocycles. The lowest BCUT2D eigenvalue weighted by Crippen LogP contribution is -2.31. The van der Waals surface area contributed by atoms with Crippen LogP contribution in [0.3, 0.4) is 0 Å². The van der Waals surface area contributed by atoms with E-state index in [-0.39, 0.29) is 11.9 Å². The molecule has 9 heteroatoms. The average Bonchev–Trinajstić information content (AvgIpc) is 3.36. The zero-order valence-electron chi connectivity index (χ0n) is 16.0. The van der Waals surface area contributed by atoms with E-state index in [9.17, 15) is 4.79 Å². The number of nitrogens with zero attached hydrogens (tertiary/aromatic N) is 5. The first-order valence-corrected chi connectivity index (χ1v) is 10.1. The molecule has 0 aliphatic carbocycles. The Morgan fingerprint density at radius 2 is 2.07 bits per heavy atom. The number of rotatable bonds is 6. The van der Waals surface area contributed by atoms with Crippen molar-refractivity contribution < 1.29 is 4.79 Å². The van der Waals surface area contributed by atoms with Crippen LogP contribution in [0.25, 0.3) is 16.7 Å². The number of aromatic nitrogens is 6. The Labute approximate surface area is 175 Å². The monoisotopic (exact) mass is 453 g/mol. The van der Waals surface area contributed by atoms with Crippen molar-refractivity contribution in [1.29, 1.82) is 0 Å². The predicted octanol–water partition coefficient (Wildman–Crippen LogP) is 3.82. The number of imidazole rings is 1. The second kappa shape index (κ2) is 8.12. The first kappa shape index (κ1) is 19.3. The predicted molar refractivity (Wildman–Crippen MR) is 113 cm³/mol. The van der Waals surface area contributed by atoms with E-state index in [0.717, 1.165) is 27.8 Å². The largest absolute Gasteiger partial charge is 0.342 e. The van der Waals surface area contributed by atoms with Gasteiger partial charge in [-0.2, -0.15) is 4.68 Å². The minimum atomic E-state index is -0.254. The first-order valence-electron chi connectivity index (χ1n) is 9.29. The number of para-hydroxylation sites is 2. The van der Waals surface area contributed by atoms with Crippen molar-refractivity contribution in [1.82, 2.24) is 35.5 Å². The fraction of sp³-hybridized carbons (Fsp3) is 0.250. The van der Waals surface area contributed by atoms with E-state index in [1.807, 2.05) is 30.3 Å². The summed E-state index contributed by atoms with van der Waals surface area (Å²) in [5, 5.41) is 14.4. The van der Waals surface area contributed by atoms with Crippen LogP contribution in [0.2, 0.25) is 0 Å². The molecule has 1 atom stereocenters. The van der Waals surface area contributed by atoms with Crippen molar-refractivity contribution in [2.75, 3.05) is 0 Å². The van der Waals surface area contributed by atoms with Crippen LogP contribution >= 0.6 is 15.9 Å². The SMILES string of the molecule is CC(C)C[C@@H](NC(=O)c1cc(Br)ccc1-n1cnnn1)c1nc2ccccc2[nH]1. The summed E-state index contributed by atoms with van der Waals surface area (Å²) in [5.74, 6) is 0.894. The summed E-state index contributed by atoms with van der Waals surface area (Å²) in [6.45, 7) is 4.24. The standard InChI is InChI=1S/C20H20BrN7O/c1-12(2)9-17(19-23-15-5-3-4-6-16(15)24-19)25-20(29)14-10-13(21)7-8-18(14)28-11-22-26-27-28/h3-8,10-12,17H,9H2,1-2H3,(H,23,24)(H,25,29)/t17-/m1/s1. The Kier molecular flexibility index (Phi) is 5.39. The van der Waals surface area contributed by atoms with Gasteiger partial charge in [-0.3, -0.25) is 4.79 Å². The van der Waals surface area contributed by atoms with Crippen LogP contribution in [0, 0.1) is 5.92 Å². The van der Waals surface area contributed by atoms with Gasteiger partial charge in [-0.05, 0) is 53.1 Å². The number of halogens is 1. The van der Waals surface area contributed by atoms with Crippen molar-refractivity contribution in [3.63, 3.8) is 0 Å². The average molecular weight is 454 g/mol. The summed E-state index contributed by atoms with van der Waals surface area (Å²) in [4.78, 5) is 21.3. The summed E-state index contributed by atoms with van der Waals surface area (Å²) in [5.41, 5.74) is 2.89. The Morgan fingerprint density at radius 3 is 2.79 bits per heavy atom. The van der Waals surface area contributed by atoms with E-state index in [4.69, 9.17) is 0 Å². The molecule has 0 aliphatic heterocycles. The van der Waals surface area contributed by atoms with Crippen LogP contribution in [-0.2, 0) is 0 Å². The van der Waals surface area contributed by atoms with Gasteiger partial charge in [0.05, 0.1) is 28.3 Å². The molecule has 0 saturated carbocycles. The highest BCUT2D eigenvalue weighted by molar-refractivity contribution is 9.10. The fourth-order valence-electron chi connectivity index (χ4n) is 3.25. The van der Waals surface area contributed by atoms with Crippen LogP contribution < -0.4 is 5.32 Å². The highest BCUT2D eigenvalue weighted by Gasteiger charge is 2.23. The molecule has 4 aromatic rings. The number of fused-ring (bicyclic) bond motifs is 1. The van der Waals surface area contributed by atoms with E-state index in [2.05, 4.69) is 60.6 Å². The lowest BCUT2D eigenvalue weighted by molar-refractivity contribution is 0.0930. The molecule has 0 unspecified atom stereocenters. The highest BCUT2D eigenvalue weighted by atomic mass is 79.9. The summed E-state index contributed by atoms with van der Waals surface area (Å²) < 4.78 is 2.27. The van der Waals surface area contributed by atoms with Gasteiger partial charge in [0.15, 0.2) is 0 Å². The fourth-order valence-corrected chi connectivity index (χ4v) is 3.61. The zero-order valence-corrected chi connectivity index (χ0v) is 17.6. The first-order chi connectivity index (χ1) is 14.0. The normalized spacial score (nSPS) is 12.4. The van der Waals surface area contributed by atoms with Gasteiger partial charge in [-0.15, -0.1) is 5.10 Å². The second-order valence-electron chi connectivity index (χ2n) is 7.21. The second-order valence-corrected chi connectivity index (χ2v) is 8.13. The molecule has 2 aromatic carbocycles. The molecular formula is C20H20BrN7O. The molecule has 0 radical (unpaired) electrons. The molecule has 2 aromatic heterocycles. The number of aromatic amines is 1. The van der Waals surface area contributed by atoms with Crippen molar-refractivity contribution in [3.8, 4) is 5.69 Å². The number of carbonyl (C=O) groups is 1. The summed E-state index contributed by atoms with van der Waals surface area (Å²) in [6.07, 6.45) is 2.21. The minimum absolute atomic E-state index is 0.220. The number of benzene rings is 2. The number of hydrogen-bond acceptors (Lipinski definition) is 5. The topological polar surface area (TPSA) is 101 Å². The lowest BCUT2D eigenvalue weighted by Gasteiger charge is -2.19. The Morgan fingerprint density at radius 1 is 1.24 bits per heavy atom. The maximum atomic E-state index is 13.2. The van der Waals surface area contributed by atoms with Gasteiger partial charge < -0.3 is 10.3 Å². The molecule has 0 fully saturated rings.